The molecule has 0 fully saturated rings. The molecule has 0 radical (unpaired) electrons. The van der Waals surface area contributed by atoms with Gasteiger partial charge in [0.2, 0.25) is 0 Å². The molecule has 336 valence electrons. The number of nitrogens with zero attached hydrogens (tertiary/aromatic N) is 6. The quantitative estimate of drug-likeness (QED) is 0.0487. The van der Waals surface area contributed by atoms with Crippen LogP contribution in [0.4, 0.5) is 0 Å². The summed E-state index contributed by atoms with van der Waals surface area (Å²) in [7, 11) is 0. The monoisotopic (exact) mass is 878 g/mol. The Balaban J connectivity index is 1.05. The summed E-state index contributed by atoms with van der Waals surface area (Å²) in [6, 6.07) is 42.7. The van der Waals surface area contributed by atoms with E-state index in [-0.39, 0.29) is 0 Å². The van der Waals surface area contributed by atoms with Crippen LogP contribution in [0.15, 0.2) is 158 Å². The van der Waals surface area contributed by atoms with E-state index in [2.05, 4.69) is 79.5 Å². The van der Waals surface area contributed by atoms with Crippen molar-refractivity contribution in [3.8, 4) is 45.4 Å². The van der Waals surface area contributed by atoms with Gasteiger partial charge in [0.15, 0.2) is 5.65 Å². The Kier molecular flexibility index (Phi) is 17.0. The van der Waals surface area contributed by atoms with Gasteiger partial charge in [-0.25, -0.2) is 9.97 Å². The Morgan fingerprint density at radius 2 is 0.712 bits per heavy atom. The number of ether oxygens (including phenoxy) is 4. The summed E-state index contributed by atoms with van der Waals surface area (Å²) in [5, 5.41) is 0.929. The van der Waals surface area contributed by atoms with Crippen LogP contribution in [0.5, 0.6) is 23.0 Å². The first-order valence-electron chi connectivity index (χ1n) is 23.4. The number of aromatic nitrogens is 6. The summed E-state index contributed by atoms with van der Waals surface area (Å²) in [6.07, 6.45) is 20.2. The molecule has 0 aliphatic carbocycles. The highest BCUT2D eigenvalue weighted by atomic mass is 16.5. The Bertz CT molecular complexity index is 2350. The van der Waals surface area contributed by atoms with Gasteiger partial charge in [-0.1, -0.05) is 24.3 Å². The van der Waals surface area contributed by atoms with Crippen LogP contribution >= 0.6 is 0 Å². The van der Waals surface area contributed by atoms with E-state index in [0.717, 1.165) is 151 Å². The number of hydrogen-bond donors (Lipinski definition) is 0. The first kappa shape index (κ1) is 45.4. The van der Waals surface area contributed by atoms with Gasteiger partial charge in [-0.15, -0.1) is 0 Å². The van der Waals surface area contributed by atoms with Crippen molar-refractivity contribution in [2.75, 3.05) is 26.4 Å². The molecule has 0 saturated carbocycles. The van der Waals surface area contributed by atoms with Crippen molar-refractivity contribution in [2.24, 2.45) is 0 Å². The maximum Gasteiger partial charge on any atom is 0.159 e. The standard InChI is InChI=1S/C56H58N6O4/c1-9-27-57-46(19-1)23-5-13-32-63-50-36-44(37-51(41-50)64-33-14-6-24-47-20-2-10-28-58-47)54-40-43-18-17-31-61-56(43)62-55(54)45-38-52(65-34-15-7-25-48-21-3-11-29-59-48)42-53(39-45)66-35-16-8-26-49-22-4-12-30-60-49/h1-4,9-12,17-22,27-31,36-42H,5-8,13-16,23-26,32-35H2. The third-order valence-corrected chi connectivity index (χ3v) is 11.2. The zero-order chi connectivity index (χ0) is 44.9. The van der Waals surface area contributed by atoms with Gasteiger partial charge < -0.3 is 18.9 Å². The van der Waals surface area contributed by atoms with Crippen LogP contribution in [-0.2, 0) is 25.7 Å². The normalized spacial score (nSPS) is 11.1. The van der Waals surface area contributed by atoms with Crippen molar-refractivity contribution in [1.29, 1.82) is 0 Å². The molecule has 10 nitrogen and oxygen atoms in total. The number of benzene rings is 2. The molecule has 0 bridgehead atoms. The SMILES string of the molecule is c1ccc(CCCCOc2cc(OCCCCc3ccccn3)cc(-c3cc4cccnc4nc3-c3cc(OCCCCc4ccccn4)cc(OCCCCc4ccccn4)c3)c2)nc1. The van der Waals surface area contributed by atoms with Gasteiger partial charge in [-0.2, -0.15) is 0 Å². The minimum atomic E-state index is 0.559. The van der Waals surface area contributed by atoms with E-state index in [1.165, 1.54) is 0 Å². The van der Waals surface area contributed by atoms with Crippen LogP contribution in [0, 0.1) is 0 Å². The predicted molar refractivity (Wildman–Crippen MR) is 261 cm³/mol. The molecule has 0 atom stereocenters. The molecule has 0 aliphatic rings. The molecule has 6 heterocycles. The molecule has 0 saturated heterocycles. The summed E-state index contributed by atoms with van der Waals surface area (Å²) in [4.78, 5) is 27.9. The van der Waals surface area contributed by atoms with E-state index in [1.807, 2.05) is 97.6 Å². The van der Waals surface area contributed by atoms with Gasteiger partial charge in [-0.3, -0.25) is 19.9 Å². The smallest absolute Gasteiger partial charge is 0.159 e. The first-order valence-corrected chi connectivity index (χ1v) is 23.4. The number of pyridine rings is 6. The van der Waals surface area contributed by atoms with Gasteiger partial charge in [0, 0.05) is 82.4 Å². The van der Waals surface area contributed by atoms with Gasteiger partial charge in [-0.05, 0) is 174 Å². The summed E-state index contributed by atoms with van der Waals surface area (Å²) >= 11 is 0. The van der Waals surface area contributed by atoms with Crippen molar-refractivity contribution in [3.63, 3.8) is 0 Å². The second-order valence-electron chi connectivity index (χ2n) is 16.3. The fourth-order valence-corrected chi connectivity index (χ4v) is 7.79. The number of hydrogen-bond acceptors (Lipinski definition) is 10. The summed E-state index contributed by atoms with van der Waals surface area (Å²) < 4.78 is 26.0. The Hall–Kier alpha value is -7.20. The second kappa shape index (κ2) is 24.8. The first-order chi connectivity index (χ1) is 32.7. The molecule has 8 aromatic rings. The molecular weight excluding hydrogens is 821 g/mol. The number of rotatable bonds is 26. The largest absolute Gasteiger partial charge is 0.493 e. The van der Waals surface area contributed by atoms with Crippen molar-refractivity contribution in [3.05, 3.63) is 181 Å². The summed E-state index contributed by atoms with van der Waals surface area (Å²) in [5.74, 6) is 2.92. The van der Waals surface area contributed by atoms with Crippen LogP contribution in [0.2, 0.25) is 0 Å². The van der Waals surface area contributed by atoms with Crippen LogP contribution in [0.3, 0.4) is 0 Å². The molecule has 6 aromatic heterocycles. The average Bonchev–Trinajstić information content (AvgIpc) is 3.37. The van der Waals surface area contributed by atoms with Crippen molar-refractivity contribution >= 4 is 11.0 Å². The molecular formula is C56H58N6O4. The Morgan fingerprint density at radius 3 is 1.09 bits per heavy atom. The summed E-state index contributed by atoms with van der Waals surface area (Å²) in [5.41, 5.74) is 8.48. The zero-order valence-electron chi connectivity index (χ0n) is 37.6. The third-order valence-electron chi connectivity index (χ3n) is 11.2. The van der Waals surface area contributed by atoms with E-state index >= 15 is 0 Å². The molecule has 2 aromatic carbocycles. The lowest BCUT2D eigenvalue weighted by molar-refractivity contribution is 0.291. The topological polar surface area (TPSA) is 114 Å². The van der Waals surface area contributed by atoms with E-state index in [1.54, 1.807) is 6.20 Å². The predicted octanol–water partition coefficient (Wildman–Crippen LogP) is 12.2. The fraction of sp³-hybridized carbons (Fsp3) is 0.286. The Labute approximate surface area is 388 Å². The maximum absolute atomic E-state index is 6.50. The zero-order valence-corrected chi connectivity index (χ0v) is 37.6. The minimum Gasteiger partial charge on any atom is -0.493 e. The highest BCUT2D eigenvalue weighted by Gasteiger charge is 2.17. The third kappa shape index (κ3) is 14.1. The number of aryl methyl sites for hydroxylation is 4. The van der Waals surface area contributed by atoms with Crippen LogP contribution < -0.4 is 18.9 Å². The van der Waals surface area contributed by atoms with E-state index in [4.69, 9.17) is 23.9 Å². The van der Waals surface area contributed by atoms with Crippen LogP contribution in [0.1, 0.15) is 74.1 Å². The van der Waals surface area contributed by atoms with Gasteiger partial charge in [0.1, 0.15) is 23.0 Å². The molecule has 0 unspecified atom stereocenters. The molecule has 10 heteroatoms. The molecule has 66 heavy (non-hydrogen) atoms. The Morgan fingerprint density at radius 1 is 0.333 bits per heavy atom. The number of fused-ring (bicyclic) bond motifs is 1. The lowest BCUT2D eigenvalue weighted by atomic mass is 9.97. The lowest BCUT2D eigenvalue weighted by Gasteiger charge is -2.17. The van der Waals surface area contributed by atoms with Crippen molar-refractivity contribution in [2.45, 2.75) is 77.0 Å². The highest BCUT2D eigenvalue weighted by molar-refractivity contribution is 5.91. The minimum absolute atomic E-state index is 0.559. The van der Waals surface area contributed by atoms with Crippen molar-refractivity contribution < 1.29 is 18.9 Å². The second-order valence-corrected chi connectivity index (χ2v) is 16.3. The fourth-order valence-electron chi connectivity index (χ4n) is 7.79. The van der Waals surface area contributed by atoms with E-state index in [9.17, 15) is 0 Å². The van der Waals surface area contributed by atoms with Gasteiger partial charge in [0.25, 0.3) is 0 Å². The molecule has 0 amide bonds. The maximum atomic E-state index is 6.50. The van der Waals surface area contributed by atoms with Crippen LogP contribution in [-0.4, -0.2) is 56.3 Å². The molecule has 0 aliphatic heterocycles. The van der Waals surface area contributed by atoms with Crippen molar-refractivity contribution in [1.82, 2.24) is 29.9 Å². The van der Waals surface area contributed by atoms with E-state index < -0.39 is 0 Å². The van der Waals surface area contributed by atoms with Crippen LogP contribution in [0.25, 0.3) is 33.4 Å². The van der Waals surface area contributed by atoms with E-state index in [0.29, 0.717) is 32.1 Å². The molecule has 0 N–H and O–H groups in total. The lowest BCUT2D eigenvalue weighted by Crippen LogP contribution is -2.03. The highest BCUT2D eigenvalue weighted by Crippen LogP contribution is 2.39. The molecule has 8 rings (SSSR count). The van der Waals surface area contributed by atoms with Gasteiger partial charge >= 0.3 is 0 Å². The average molecular weight is 879 g/mol. The molecule has 0 spiro atoms. The summed E-state index contributed by atoms with van der Waals surface area (Å²) in [6.45, 7) is 2.25. The van der Waals surface area contributed by atoms with Gasteiger partial charge in [0.05, 0.1) is 32.1 Å². The number of unbranched alkanes of at least 4 members (excludes halogenated alkanes) is 4.